The van der Waals surface area contributed by atoms with Crippen LogP contribution in [0.15, 0.2) is 18.2 Å². The van der Waals surface area contributed by atoms with E-state index in [-0.39, 0.29) is 6.04 Å². The van der Waals surface area contributed by atoms with E-state index >= 15 is 0 Å². The number of halogens is 1. The van der Waals surface area contributed by atoms with Crippen LogP contribution in [0.25, 0.3) is 0 Å². The van der Waals surface area contributed by atoms with Crippen molar-refractivity contribution < 1.29 is 4.74 Å². The van der Waals surface area contributed by atoms with Crippen LogP contribution in [0.5, 0.6) is 0 Å². The Kier molecular flexibility index (Phi) is 5.77. The third-order valence-corrected chi connectivity index (χ3v) is 2.77. The number of ether oxygens (including phenoxy) is 1. The number of rotatable bonds is 6. The first-order valence-corrected chi connectivity index (χ1v) is 5.75. The molecule has 1 aromatic rings. The van der Waals surface area contributed by atoms with Gasteiger partial charge in [0.05, 0.1) is 6.61 Å². The summed E-state index contributed by atoms with van der Waals surface area (Å²) in [4.78, 5) is 0. The molecule has 0 aliphatic heterocycles. The zero-order valence-electron chi connectivity index (χ0n) is 9.79. The molecular formula is C12H19ClN2O. The molecule has 3 N–H and O–H groups in total. The van der Waals surface area contributed by atoms with Crippen molar-refractivity contribution in [3.63, 3.8) is 0 Å². The topological polar surface area (TPSA) is 47.3 Å². The van der Waals surface area contributed by atoms with Crippen molar-refractivity contribution in [1.82, 2.24) is 5.32 Å². The Morgan fingerprint density at radius 2 is 2.25 bits per heavy atom. The second-order valence-corrected chi connectivity index (χ2v) is 4.17. The normalized spacial score (nSPS) is 12.8. The molecule has 0 aliphatic rings. The molecule has 1 atom stereocenters. The lowest BCUT2D eigenvalue weighted by atomic mass is 10.0. The Balaban J connectivity index is 2.70. The van der Waals surface area contributed by atoms with Crippen LogP contribution in [-0.4, -0.2) is 26.8 Å². The maximum absolute atomic E-state index is 5.92. The van der Waals surface area contributed by atoms with Gasteiger partial charge in [-0.25, -0.2) is 0 Å². The number of nitrogens with two attached hydrogens (primary N) is 1. The lowest BCUT2D eigenvalue weighted by Gasteiger charge is -2.19. The van der Waals surface area contributed by atoms with Gasteiger partial charge in [0.25, 0.3) is 0 Å². The average Bonchev–Trinajstić information content (AvgIpc) is 2.26. The highest BCUT2D eigenvalue weighted by Crippen LogP contribution is 2.20. The van der Waals surface area contributed by atoms with Gasteiger partial charge in [-0.1, -0.05) is 17.7 Å². The molecule has 1 rings (SSSR count). The SMILES string of the molecule is COCCNC(CN)c1ccc(Cl)cc1C. The molecule has 0 fully saturated rings. The van der Waals surface area contributed by atoms with E-state index < -0.39 is 0 Å². The third kappa shape index (κ3) is 3.76. The molecule has 0 aromatic heterocycles. The molecule has 0 saturated carbocycles. The summed E-state index contributed by atoms with van der Waals surface area (Å²) in [5.41, 5.74) is 8.11. The van der Waals surface area contributed by atoms with E-state index in [0.717, 1.165) is 17.1 Å². The Morgan fingerprint density at radius 1 is 1.50 bits per heavy atom. The predicted molar refractivity (Wildman–Crippen MR) is 67.9 cm³/mol. The number of nitrogens with one attached hydrogen (secondary N) is 1. The fraction of sp³-hybridized carbons (Fsp3) is 0.500. The lowest BCUT2D eigenvalue weighted by molar-refractivity contribution is 0.196. The van der Waals surface area contributed by atoms with Crippen molar-refractivity contribution in [2.24, 2.45) is 5.73 Å². The van der Waals surface area contributed by atoms with E-state index in [9.17, 15) is 0 Å². The van der Waals surface area contributed by atoms with Crippen LogP contribution in [0.3, 0.4) is 0 Å². The highest BCUT2D eigenvalue weighted by molar-refractivity contribution is 6.30. The molecule has 90 valence electrons. The second kappa shape index (κ2) is 6.86. The van der Waals surface area contributed by atoms with E-state index in [0.29, 0.717) is 13.2 Å². The van der Waals surface area contributed by atoms with Crippen molar-refractivity contribution in [1.29, 1.82) is 0 Å². The summed E-state index contributed by atoms with van der Waals surface area (Å²) in [5.74, 6) is 0. The van der Waals surface area contributed by atoms with Gasteiger partial charge >= 0.3 is 0 Å². The van der Waals surface area contributed by atoms with E-state index in [2.05, 4.69) is 5.32 Å². The molecule has 0 radical (unpaired) electrons. The second-order valence-electron chi connectivity index (χ2n) is 3.74. The summed E-state index contributed by atoms with van der Waals surface area (Å²) in [6.07, 6.45) is 0. The third-order valence-electron chi connectivity index (χ3n) is 2.54. The van der Waals surface area contributed by atoms with Crippen molar-refractivity contribution in [3.05, 3.63) is 34.3 Å². The minimum atomic E-state index is 0.160. The molecule has 0 aliphatic carbocycles. The smallest absolute Gasteiger partial charge is 0.0587 e. The molecule has 1 aromatic carbocycles. The predicted octanol–water partition coefficient (Wildman–Crippen LogP) is 1.88. The minimum Gasteiger partial charge on any atom is -0.383 e. The quantitative estimate of drug-likeness (QED) is 0.749. The summed E-state index contributed by atoms with van der Waals surface area (Å²) in [7, 11) is 1.69. The first kappa shape index (κ1) is 13.5. The fourth-order valence-electron chi connectivity index (χ4n) is 1.69. The lowest BCUT2D eigenvalue weighted by Crippen LogP contribution is -2.31. The highest BCUT2D eigenvalue weighted by Gasteiger charge is 2.11. The standard InChI is InChI=1S/C12H19ClN2O/c1-9-7-10(13)3-4-11(9)12(8-14)15-5-6-16-2/h3-4,7,12,15H,5-6,8,14H2,1-2H3. The number of hydrogen-bond acceptors (Lipinski definition) is 3. The van der Waals surface area contributed by atoms with Gasteiger partial charge in [-0.2, -0.15) is 0 Å². The van der Waals surface area contributed by atoms with Gasteiger partial charge in [-0.15, -0.1) is 0 Å². The summed E-state index contributed by atoms with van der Waals surface area (Å²) in [6, 6.07) is 6.03. The summed E-state index contributed by atoms with van der Waals surface area (Å²) < 4.78 is 5.00. The van der Waals surface area contributed by atoms with Gasteiger partial charge in [0.1, 0.15) is 0 Å². The zero-order valence-corrected chi connectivity index (χ0v) is 10.6. The fourth-order valence-corrected chi connectivity index (χ4v) is 1.91. The maximum Gasteiger partial charge on any atom is 0.0587 e. The molecule has 3 nitrogen and oxygen atoms in total. The molecule has 4 heteroatoms. The van der Waals surface area contributed by atoms with Crippen LogP contribution in [0, 0.1) is 6.92 Å². The van der Waals surface area contributed by atoms with Crippen LogP contribution >= 0.6 is 11.6 Å². The Morgan fingerprint density at radius 3 is 2.81 bits per heavy atom. The van der Waals surface area contributed by atoms with E-state index in [4.69, 9.17) is 22.1 Å². The molecule has 0 bridgehead atoms. The van der Waals surface area contributed by atoms with Crippen molar-refractivity contribution in [2.45, 2.75) is 13.0 Å². The molecule has 0 amide bonds. The van der Waals surface area contributed by atoms with E-state index in [1.807, 2.05) is 25.1 Å². The Hall–Kier alpha value is -0.610. The molecular weight excluding hydrogens is 224 g/mol. The van der Waals surface area contributed by atoms with Gasteiger partial charge in [-0.05, 0) is 30.2 Å². The van der Waals surface area contributed by atoms with Gasteiger partial charge < -0.3 is 15.8 Å². The summed E-state index contributed by atoms with van der Waals surface area (Å²) in [6.45, 7) is 4.08. The molecule has 0 saturated heterocycles. The number of benzene rings is 1. The molecule has 0 heterocycles. The highest BCUT2D eigenvalue weighted by atomic mass is 35.5. The van der Waals surface area contributed by atoms with Crippen LogP contribution in [0.4, 0.5) is 0 Å². The minimum absolute atomic E-state index is 0.160. The zero-order chi connectivity index (χ0) is 12.0. The van der Waals surface area contributed by atoms with Gasteiger partial charge in [-0.3, -0.25) is 0 Å². The Bertz CT molecular complexity index is 331. The average molecular weight is 243 g/mol. The van der Waals surface area contributed by atoms with E-state index in [1.54, 1.807) is 7.11 Å². The first-order chi connectivity index (χ1) is 7.69. The summed E-state index contributed by atoms with van der Waals surface area (Å²) in [5, 5.41) is 4.11. The van der Waals surface area contributed by atoms with Crippen LogP contribution in [-0.2, 0) is 4.74 Å². The maximum atomic E-state index is 5.92. The van der Waals surface area contributed by atoms with Gasteiger partial charge in [0.2, 0.25) is 0 Å². The summed E-state index contributed by atoms with van der Waals surface area (Å²) >= 11 is 5.92. The van der Waals surface area contributed by atoms with Gasteiger partial charge in [0, 0.05) is 31.3 Å². The van der Waals surface area contributed by atoms with Crippen LogP contribution < -0.4 is 11.1 Å². The molecule has 16 heavy (non-hydrogen) atoms. The number of hydrogen-bond donors (Lipinski definition) is 2. The number of methoxy groups -OCH3 is 1. The van der Waals surface area contributed by atoms with Crippen molar-refractivity contribution in [3.8, 4) is 0 Å². The molecule has 1 unspecified atom stereocenters. The largest absolute Gasteiger partial charge is 0.383 e. The van der Waals surface area contributed by atoms with Crippen molar-refractivity contribution in [2.75, 3.05) is 26.8 Å². The Labute approximate surface area is 102 Å². The monoisotopic (exact) mass is 242 g/mol. The van der Waals surface area contributed by atoms with Crippen LogP contribution in [0.1, 0.15) is 17.2 Å². The van der Waals surface area contributed by atoms with E-state index in [1.165, 1.54) is 5.56 Å². The van der Waals surface area contributed by atoms with Crippen LogP contribution in [0.2, 0.25) is 5.02 Å². The van der Waals surface area contributed by atoms with Gasteiger partial charge in [0.15, 0.2) is 0 Å². The number of aryl methyl sites for hydroxylation is 1. The molecule has 0 spiro atoms. The van der Waals surface area contributed by atoms with Crippen molar-refractivity contribution >= 4 is 11.6 Å². The first-order valence-electron chi connectivity index (χ1n) is 5.37.